The third-order valence-electron chi connectivity index (χ3n) is 4.34. The molecular weight excluding hydrogens is 306 g/mol. The van der Waals surface area contributed by atoms with Crippen LogP contribution in [0, 0.1) is 6.92 Å². The number of carbonyl (C=O) groups is 1. The van der Waals surface area contributed by atoms with Gasteiger partial charge in [-0.05, 0) is 26.8 Å². The number of amides is 1. The molecule has 8 heteroatoms. The van der Waals surface area contributed by atoms with E-state index in [0.717, 1.165) is 29.0 Å². The molecule has 0 aliphatic rings. The van der Waals surface area contributed by atoms with E-state index in [2.05, 4.69) is 15.3 Å². The summed E-state index contributed by atoms with van der Waals surface area (Å²) in [4.78, 5) is 14.5. The standard InChI is InChI=1S/C16H23N7O/c1-6-22-13(7-8-17-22)9-20(4)16(24)12(3)23-10-14-15(19-23)11(2)18-21(14)5/h7-8,10,12H,6,9H2,1-5H3/t12-/m1/s1. The SMILES string of the molecule is CCn1nccc1CN(C)C(=O)[C@@H](C)n1cc2c(n1)c(C)nn2C. The van der Waals surface area contributed by atoms with Gasteiger partial charge < -0.3 is 4.90 Å². The van der Waals surface area contributed by atoms with Crippen LogP contribution in [-0.4, -0.2) is 47.2 Å². The average molecular weight is 329 g/mol. The molecule has 3 rings (SSSR count). The number of likely N-dealkylation sites (N-methyl/N-ethyl adjacent to an activating group) is 1. The van der Waals surface area contributed by atoms with Crippen LogP contribution in [0.4, 0.5) is 0 Å². The molecule has 0 unspecified atom stereocenters. The fourth-order valence-corrected chi connectivity index (χ4v) is 2.93. The van der Waals surface area contributed by atoms with Gasteiger partial charge in [0, 0.05) is 26.8 Å². The lowest BCUT2D eigenvalue weighted by molar-refractivity contribution is -0.133. The third kappa shape index (κ3) is 2.68. The molecular formula is C16H23N7O. The van der Waals surface area contributed by atoms with Crippen molar-refractivity contribution >= 4 is 16.9 Å². The molecule has 0 spiro atoms. The Kier molecular flexibility index (Phi) is 4.13. The van der Waals surface area contributed by atoms with E-state index < -0.39 is 0 Å². The Hall–Kier alpha value is -2.64. The van der Waals surface area contributed by atoms with Gasteiger partial charge in [0.1, 0.15) is 17.1 Å². The fourth-order valence-electron chi connectivity index (χ4n) is 2.93. The van der Waals surface area contributed by atoms with Crippen molar-refractivity contribution < 1.29 is 4.79 Å². The first-order valence-corrected chi connectivity index (χ1v) is 8.06. The summed E-state index contributed by atoms with van der Waals surface area (Å²) in [7, 11) is 3.69. The summed E-state index contributed by atoms with van der Waals surface area (Å²) in [5.41, 5.74) is 3.65. The molecule has 0 bridgehead atoms. The Morgan fingerprint density at radius 1 is 1.38 bits per heavy atom. The Morgan fingerprint density at radius 3 is 2.79 bits per heavy atom. The van der Waals surface area contributed by atoms with Gasteiger partial charge in [0.2, 0.25) is 5.91 Å². The van der Waals surface area contributed by atoms with Gasteiger partial charge >= 0.3 is 0 Å². The fraction of sp³-hybridized carbons (Fsp3) is 0.500. The van der Waals surface area contributed by atoms with Crippen LogP contribution in [0.5, 0.6) is 0 Å². The van der Waals surface area contributed by atoms with Gasteiger partial charge in [-0.1, -0.05) is 0 Å². The molecule has 128 valence electrons. The molecule has 8 nitrogen and oxygen atoms in total. The van der Waals surface area contributed by atoms with E-state index in [4.69, 9.17) is 0 Å². The maximum absolute atomic E-state index is 12.8. The minimum absolute atomic E-state index is 0.0114. The number of aryl methyl sites for hydroxylation is 3. The van der Waals surface area contributed by atoms with Crippen LogP contribution in [0.3, 0.4) is 0 Å². The molecule has 0 saturated carbocycles. The van der Waals surface area contributed by atoms with E-state index in [1.54, 1.807) is 20.5 Å². The maximum Gasteiger partial charge on any atom is 0.247 e. The van der Waals surface area contributed by atoms with Crippen LogP contribution in [0.25, 0.3) is 11.0 Å². The summed E-state index contributed by atoms with van der Waals surface area (Å²) in [6.45, 7) is 7.14. The first-order valence-electron chi connectivity index (χ1n) is 8.06. The average Bonchev–Trinajstić information content (AvgIpc) is 3.24. The summed E-state index contributed by atoms with van der Waals surface area (Å²) < 4.78 is 5.40. The number of carbonyl (C=O) groups excluding carboxylic acids is 1. The van der Waals surface area contributed by atoms with Crippen molar-refractivity contribution in [2.75, 3.05) is 7.05 Å². The van der Waals surface area contributed by atoms with E-state index >= 15 is 0 Å². The summed E-state index contributed by atoms with van der Waals surface area (Å²) >= 11 is 0. The second-order valence-corrected chi connectivity index (χ2v) is 6.06. The lowest BCUT2D eigenvalue weighted by Gasteiger charge is -2.22. The van der Waals surface area contributed by atoms with E-state index in [9.17, 15) is 4.79 Å². The number of nitrogens with zero attached hydrogens (tertiary/aromatic N) is 7. The normalized spacial score (nSPS) is 12.7. The maximum atomic E-state index is 12.8. The van der Waals surface area contributed by atoms with Crippen molar-refractivity contribution in [3.8, 4) is 0 Å². The van der Waals surface area contributed by atoms with Crippen molar-refractivity contribution in [2.24, 2.45) is 7.05 Å². The zero-order valence-electron chi connectivity index (χ0n) is 14.8. The molecule has 3 heterocycles. The van der Waals surface area contributed by atoms with Gasteiger partial charge in [0.15, 0.2) is 0 Å². The molecule has 0 radical (unpaired) electrons. The van der Waals surface area contributed by atoms with Crippen LogP contribution in [-0.2, 0) is 24.9 Å². The topological polar surface area (TPSA) is 73.8 Å². The Labute approximate surface area is 140 Å². The minimum atomic E-state index is -0.375. The van der Waals surface area contributed by atoms with E-state index in [-0.39, 0.29) is 11.9 Å². The molecule has 0 aliphatic carbocycles. The van der Waals surface area contributed by atoms with Gasteiger partial charge in [-0.2, -0.15) is 15.3 Å². The zero-order valence-corrected chi connectivity index (χ0v) is 14.8. The Bertz CT molecular complexity index is 838. The quantitative estimate of drug-likeness (QED) is 0.711. The van der Waals surface area contributed by atoms with Crippen molar-refractivity contribution in [3.63, 3.8) is 0 Å². The monoisotopic (exact) mass is 329 g/mol. The summed E-state index contributed by atoms with van der Waals surface area (Å²) in [6.07, 6.45) is 3.64. The molecule has 3 aromatic heterocycles. The number of hydrogen-bond donors (Lipinski definition) is 0. The lowest BCUT2D eigenvalue weighted by atomic mass is 10.3. The van der Waals surface area contributed by atoms with Crippen LogP contribution in [0.15, 0.2) is 18.5 Å². The lowest BCUT2D eigenvalue weighted by Crippen LogP contribution is -2.33. The van der Waals surface area contributed by atoms with E-state index in [1.807, 2.05) is 51.8 Å². The van der Waals surface area contributed by atoms with Crippen LogP contribution < -0.4 is 0 Å². The van der Waals surface area contributed by atoms with E-state index in [0.29, 0.717) is 6.54 Å². The van der Waals surface area contributed by atoms with Gasteiger partial charge in [-0.15, -0.1) is 0 Å². The number of fused-ring (bicyclic) bond motifs is 1. The highest BCUT2D eigenvalue weighted by atomic mass is 16.2. The van der Waals surface area contributed by atoms with Gasteiger partial charge in [-0.3, -0.25) is 18.8 Å². The van der Waals surface area contributed by atoms with Gasteiger partial charge in [0.25, 0.3) is 0 Å². The highest BCUT2D eigenvalue weighted by Gasteiger charge is 2.22. The molecule has 3 aromatic rings. The molecule has 24 heavy (non-hydrogen) atoms. The minimum Gasteiger partial charge on any atom is -0.338 e. The highest BCUT2D eigenvalue weighted by Crippen LogP contribution is 2.19. The molecule has 0 aromatic carbocycles. The predicted molar refractivity (Wildman–Crippen MR) is 90.3 cm³/mol. The Morgan fingerprint density at radius 2 is 2.12 bits per heavy atom. The predicted octanol–water partition coefficient (Wildman–Crippen LogP) is 1.51. The number of hydrogen-bond acceptors (Lipinski definition) is 4. The van der Waals surface area contributed by atoms with Crippen LogP contribution >= 0.6 is 0 Å². The van der Waals surface area contributed by atoms with Crippen molar-refractivity contribution in [1.82, 2.24) is 34.2 Å². The third-order valence-corrected chi connectivity index (χ3v) is 4.34. The van der Waals surface area contributed by atoms with Crippen molar-refractivity contribution in [1.29, 1.82) is 0 Å². The van der Waals surface area contributed by atoms with Crippen LogP contribution in [0.2, 0.25) is 0 Å². The molecule has 0 N–H and O–H groups in total. The summed E-state index contributed by atoms with van der Waals surface area (Å²) in [5.74, 6) is 0.0114. The Balaban J connectivity index is 1.78. The summed E-state index contributed by atoms with van der Waals surface area (Å²) in [6, 6.07) is 1.56. The van der Waals surface area contributed by atoms with Crippen molar-refractivity contribution in [3.05, 3.63) is 29.8 Å². The van der Waals surface area contributed by atoms with Crippen LogP contribution in [0.1, 0.15) is 31.3 Å². The molecule has 1 amide bonds. The smallest absolute Gasteiger partial charge is 0.247 e. The first-order chi connectivity index (χ1) is 11.4. The van der Waals surface area contributed by atoms with E-state index in [1.165, 1.54) is 0 Å². The van der Waals surface area contributed by atoms with Gasteiger partial charge in [0.05, 0.1) is 24.1 Å². The highest BCUT2D eigenvalue weighted by molar-refractivity contribution is 5.81. The molecule has 0 saturated heterocycles. The molecule has 1 atom stereocenters. The zero-order chi connectivity index (χ0) is 17.4. The number of aromatic nitrogens is 6. The van der Waals surface area contributed by atoms with Gasteiger partial charge in [-0.25, -0.2) is 0 Å². The molecule has 0 aliphatic heterocycles. The second kappa shape index (κ2) is 6.10. The summed E-state index contributed by atoms with van der Waals surface area (Å²) in [5, 5.41) is 13.1. The molecule has 0 fully saturated rings. The van der Waals surface area contributed by atoms with Crippen molar-refractivity contribution in [2.45, 2.75) is 39.9 Å². The number of rotatable bonds is 5. The second-order valence-electron chi connectivity index (χ2n) is 6.06. The first kappa shape index (κ1) is 16.2. The largest absolute Gasteiger partial charge is 0.338 e.